The first kappa shape index (κ1) is 17.7. The summed E-state index contributed by atoms with van der Waals surface area (Å²) in [5.74, 6) is -1.44. The Bertz CT molecular complexity index is 290. The van der Waals surface area contributed by atoms with Gasteiger partial charge in [-0.25, -0.2) is 0 Å². The van der Waals surface area contributed by atoms with Crippen LogP contribution in [0.15, 0.2) is 12.1 Å². The quantitative estimate of drug-likeness (QED) is 0.747. The average Bonchev–Trinajstić information content (AvgIpc) is 2.01. The maximum Gasteiger partial charge on any atom is 1.00 e. The van der Waals surface area contributed by atoms with E-state index in [2.05, 4.69) is 24.0 Å². The number of hydrogen-bond acceptors (Lipinski definition) is 4. The van der Waals surface area contributed by atoms with Gasteiger partial charge in [-0.05, 0) is 45.4 Å². The summed E-state index contributed by atoms with van der Waals surface area (Å²) >= 11 is 0. The molecule has 0 saturated carbocycles. The summed E-state index contributed by atoms with van der Waals surface area (Å²) in [5.41, 5.74) is 3.50. The van der Waals surface area contributed by atoms with Crippen molar-refractivity contribution in [1.82, 2.24) is 4.98 Å². The Hall–Kier alpha value is -0.680. The van der Waals surface area contributed by atoms with Gasteiger partial charge in [0.1, 0.15) is 0 Å². The molecular formula is C11H16AgNO3. The van der Waals surface area contributed by atoms with E-state index < -0.39 is 12.1 Å². The Morgan fingerprint density at radius 3 is 1.81 bits per heavy atom. The largest absolute Gasteiger partial charge is 1.00 e. The molecule has 0 aliphatic carbocycles. The van der Waals surface area contributed by atoms with Crippen LogP contribution in [0.4, 0.5) is 0 Å². The smallest absolute Gasteiger partial charge is 0.547 e. The van der Waals surface area contributed by atoms with E-state index in [9.17, 15) is 9.90 Å². The molecule has 0 amide bonds. The molecule has 1 atom stereocenters. The molecule has 16 heavy (non-hydrogen) atoms. The minimum atomic E-state index is -1.44. The first-order valence-electron chi connectivity index (χ1n) is 4.63. The van der Waals surface area contributed by atoms with Crippen LogP contribution in [0, 0.1) is 20.8 Å². The van der Waals surface area contributed by atoms with E-state index in [1.54, 1.807) is 0 Å². The average molecular weight is 318 g/mol. The maximum absolute atomic E-state index is 9.34. The third kappa shape index (κ3) is 8.61. The van der Waals surface area contributed by atoms with E-state index in [0.29, 0.717) is 0 Å². The molecule has 0 spiro atoms. The molecule has 1 aromatic rings. The second-order valence-electron chi connectivity index (χ2n) is 3.42. The van der Waals surface area contributed by atoms with Gasteiger partial charge in [-0.3, -0.25) is 4.98 Å². The zero-order valence-corrected chi connectivity index (χ0v) is 11.2. The van der Waals surface area contributed by atoms with Crippen LogP contribution in [-0.4, -0.2) is 22.2 Å². The Kier molecular flexibility index (Phi) is 9.37. The van der Waals surface area contributed by atoms with Crippen LogP contribution in [0.25, 0.3) is 0 Å². The van der Waals surface area contributed by atoms with E-state index in [-0.39, 0.29) is 22.4 Å². The van der Waals surface area contributed by atoms with E-state index in [0.717, 1.165) is 18.3 Å². The maximum atomic E-state index is 9.34. The number of aliphatic hydroxyl groups excluding tert-OH is 1. The fourth-order valence-corrected chi connectivity index (χ4v) is 1.04. The number of carboxylic acid groups (broad SMARTS) is 1. The predicted octanol–water partition coefficient (Wildman–Crippen LogP) is 0.121. The number of carboxylic acids is 1. The summed E-state index contributed by atoms with van der Waals surface area (Å²) < 4.78 is 0. The zero-order valence-electron chi connectivity index (χ0n) is 9.74. The molecule has 1 aromatic heterocycles. The first-order valence-corrected chi connectivity index (χ1v) is 4.63. The van der Waals surface area contributed by atoms with Crippen molar-refractivity contribution in [1.29, 1.82) is 0 Å². The summed E-state index contributed by atoms with van der Waals surface area (Å²) in [6.45, 7) is 7.25. The molecule has 0 aliphatic heterocycles. The van der Waals surface area contributed by atoms with Gasteiger partial charge in [-0.15, -0.1) is 0 Å². The van der Waals surface area contributed by atoms with Gasteiger partial charge in [0, 0.05) is 11.4 Å². The Labute approximate surface area is 111 Å². The Balaban J connectivity index is 0. The van der Waals surface area contributed by atoms with Crippen molar-refractivity contribution in [3.05, 3.63) is 29.1 Å². The SMILES string of the molecule is CC(O)C(=O)[O-].Cc1cc(C)nc(C)c1.[Ag+]. The third-order valence-electron chi connectivity index (χ3n) is 1.57. The van der Waals surface area contributed by atoms with Crippen molar-refractivity contribution >= 4 is 5.97 Å². The topological polar surface area (TPSA) is 73.2 Å². The van der Waals surface area contributed by atoms with E-state index in [1.807, 2.05) is 13.8 Å². The number of aliphatic hydroxyl groups is 1. The normalized spacial score (nSPS) is 10.6. The molecule has 0 fully saturated rings. The van der Waals surface area contributed by atoms with Crippen LogP contribution in [-0.2, 0) is 27.2 Å². The van der Waals surface area contributed by atoms with Crippen molar-refractivity contribution in [2.24, 2.45) is 0 Å². The van der Waals surface area contributed by atoms with Gasteiger partial charge < -0.3 is 15.0 Å². The monoisotopic (exact) mass is 317 g/mol. The van der Waals surface area contributed by atoms with E-state index in [4.69, 9.17) is 5.11 Å². The van der Waals surface area contributed by atoms with Crippen LogP contribution < -0.4 is 5.11 Å². The number of carbonyl (C=O) groups is 1. The number of pyridine rings is 1. The van der Waals surface area contributed by atoms with Crippen molar-refractivity contribution in [2.45, 2.75) is 33.8 Å². The van der Waals surface area contributed by atoms with Crippen molar-refractivity contribution < 1.29 is 37.4 Å². The number of hydrogen-bond donors (Lipinski definition) is 1. The number of nitrogens with zero attached hydrogens (tertiary/aromatic N) is 1. The molecular weight excluding hydrogens is 302 g/mol. The van der Waals surface area contributed by atoms with Crippen LogP contribution in [0.3, 0.4) is 0 Å². The van der Waals surface area contributed by atoms with Gasteiger partial charge in [-0.2, -0.15) is 0 Å². The summed E-state index contributed by atoms with van der Waals surface area (Å²) in [5, 5.41) is 17.3. The van der Waals surface area contributed by atoms with Gasteiger partial charge in [0.2, 0.25) is 0 Å². The van der Waals surface area contributed by atoms with Gasteiger partial charge in [0.15, 0.2) is 0 Å². The summed E-state index contributed by atoms with van der Waals surface area (Å²) in [4.78, 5) is 13.6. The Morgan fingerprint density at radius 1 is 1.31 bits per heavy atom. The predicted molar refractivity (Wildman–Crippen MR) is 55.1 cm³/mol. The molecule has 1 N–H and O–H groups in total. The van der Waals surface area contributed by atoms with Crippen molar-refractivity contribution in [3.63, 3.8) is 0 Å². The summed E-state index contributed by atoms with van der Waals surface area (Å²) in [6.07, 6.45) is -1.34. The molecule has 0 saturated heterocycles. The number of carbonyl (C=O) groups excluding carboxylic acids is 1. The molecule has 0 aromatic carbocycles. The van der Waals surface area contributed by atoms with E-state index >= 15 is 0 Å². The fraction of sp³-hybridized carbons (Fsp3) is 0.455. The molecule has 1 unspecified atom stereocenters. The molecule has 0 bridgehead atoms. The standard InChI is InChI=1S/C8H11N.C3H6O3.Ag/c1-6-4-7(2)9-8(3)5-6;1-2(4)3(5)6;/h4-5H,1-3H3;2,4H,1H3,(H,5,6);/q;;+1/p-1. The van der Waals surface area contributed by atoms with Crippen LogP contribution in [0.2, 0.25) is 0 Å². The number of rotatable bonds is 1. The molecule has 0 aliphatic rings. The van der Waals surface area contributed by atoms with Crippen LogP contribution in [0.5, 0.6) is 0 Å². The zero-order chi connectivity index (χ0) is 12.0. The van der Waals surface area contributed by atoms with Gasteiger partial charge in [-0.1, -0.05) is 0 Å². The molecule has 4 nitrogen and oxygen atoms in total. The van der Waals surface area contributed by atoms with Crippen LogP contribution in [0.1, 0.15) is 23.9 Å². The fourth-order valence-electron chi connectivity index (χ4n) is 1.04. The summed E-state index contributed by atoms with van der Waals surface area (Å²) in [6, 6.07) is 4.15. The van der Waals surface area contributed by atoms with Crippen molar-refractivity contribution in [2.75, 3.05) is 0 Å². The number of aryl methyl sites for hydroxylation is 3. The second-order valence-corrected chi connectivity index (χ2v) is 3.42. The number of aromatic nitrogens is 1. The summed E-state index contributed by atoms with van der Waals surface area (Å²) in [7, 11) is 0. The van der Waals surface area contributed by atoms with Gasteiger partial charge in [0.05, 0.1) is 12.1 Å². The number of aliphatic carboxylic acids is 1. The van der Waals surface area contributed by atoms with E-state index in [1.165, 1.54) is 5.56 Å². The molecule has 1 rings (SSSR count). The molecule has 5 heteroatoms. The minimum absolute atomic E-state index is 0. The van der Waals surface area contributed by atoms with Gasteiger partial charge >= 0.3 is 22.4 Å². The molecule has 0 radical (unpaired) electrons. The third-order valence-corrected chi connectivity index (χ3v) is 1.57. The van der Waals surface area contributed by atoms with Crippen LogP contribution >= 0.6 is 0 Å². The molecule has 94 valence electrons. The van der Waals surface area contributed by atoms with Gasteiger partial charge in [0.25, 0.3) is 0 Å². The van der Waals surface area contributed by atoms with Crippen molar-refractivity contribution in [3.8, 4) is 0 Å². The minimum Gasteiger partial charge on any atom is -0.547 e. The molecule has 1 heterocycles. The Morgan fingerprint density at radius 2 is 1.62 bits per heavy atom. The first-order chi connectivity index (χ1) is 6.82. The second kappa shape index (κ2) is 8.47.